The van der Waals surface area contributed by atoms with Gasteiger partial charge in [-0.1, -0.05) is 56.3 Å². The fourth-order valence-electron chi connectivity index (χ4n) is 3.49. The van der Waals surface area contributed by atoms with E-state index in [2.05, 4.69) is 15.3 Å². The number of hydrogen-bond donors (Lipinski definition) is 2. The van der Waals surface area contributed by atoms with Gasteiger partial charge in [-0.05, 0) is 42.3 Å². The third-order valence-corrected chi connectivity index (χ3v) is 5.21. The smallest absolute Gasteiger partial charge is 0.258 e. The summed E-state index contributed by atoms with van der Waals surface area (Å²) in [5, 5.41) is 3.00. The van der Waals surface area contributed by atoms with E-state index >= 15 is 0 Å². The summed E-state index contributed by atoms with van der Waals surface area (Å²) in [4.78, 5) is 32.9. The van der Waals surface area contributed by atoms with Crippen LogP contribution in [0, 0.1) is 5.92 Å². The first-order valence-corrected chi connectivity index (χ1v) is 10.6. The molecule has 6 nitrogen and oxygen atoms in total. The van der Waals surface area contributed by atoms with Gasteiger partial charge in [-0.25, -0.2) is 4.98 Å². The molecule has 32 heavy (non-hydrogen) atoms. The average Bonchev–Trinajstić information content (AvgIpc) is 3.25. The zero-order valence-corrected chi connectivity index (χ0v) is 18.0. The molecule has 0 saturated heterocycles. The van der Waals surface area contributed by atoms with Crippen molar-refractivity contribution >= 4 is 22.7 Å². The standard InChI is InChI=1S/C26H25N3O3/c1-17(2)24(26-27-21-10-6-7-11-22(21)28-26)29-23(30)16-32-20-14-12-19(13-15-20)25(31)18-8-4-3-5-9-18/h3-15,17,24H,16H2,1-2H3,(H,27,28)(H,29,30). The molecule has 0 spiro atoms. The van der Waals surface area contributed by atoms with Crippen LogP contribution < -0.4 is 10.1 Å². The maximum atomic E-state index is 12.5. The fourth-order valence-corrected chi connectivity index (χ4v) is 3.49. The summed E-state index contributed by atoms with van der Waals surface area (Å²) in [5.74, 6) is 1.09. The number of benzene rings is 3. The summed E-state index contributed by atoms with van der Waals surface area (Å²) in [7, 11) is 0. The van der Waals surface area contributed by atoms with E-state index in [1.165, 1.54) is 0 Å². The third-order valence-electron chi connectivity index (χ3n) is 5.21. The van der Waals surface area contributed by atoms with Gasteiger partial charge >= 0.3 is 0 Å². The van der Waals surface area contributed by atoms with Gasteiger partial charge in [0.25, 0.3) is 5.91 Å². The lowest BCUT2D eigenvalue weighted by molar-refractivity contribution is -0.124. The first-order chi connectivity index (χ1) is 15.5. The van der Waals surface area contributed by atoms with Gasteiger partial charge in [0.15, 0.2) is 12.4 Å². The molecule has 0 aliphatic heterocycles. The van der Waals surface area contributed by atoms with Gasteiger partial charge in [-0.3, -0.25) is 9.59 Å². The van der Waals surface area contributed by atoms with Crippen molar-refractivity contribution in [1.29, 1.82) is 0 Å². The van der Waals surface area contributed by atoms with Crippen LogP contribution in [0.4, 0.5) is 0 Å². The molecule has 4 aromatic rings. The number of carbonyl (C=O) groups is 2. The highest BCUT2D eigenvalue weighted by molar-refractivity contribution is 6.09. The fraction of sp³-hybridized carbons (Fsp3) is 0.192. The lowest BCUT2D eigenvalue weighted by Gasteiger charge is -2.20. The van der Waals surface area contributed by atoms with Crippen molar-refractivity contribution < 1.29 is 14.3 Å². The van der Waals surface area contributed by atoms with Crippen LogP contribution in [-0.2, 0) is 4.79 Å². The Balaban J connectivity index is 1.36. The molecule has 6 heteroatoms. The van der Waals surface area contributed by atoms with Crippen molar-refractivity contribution in [2.45, 2.75) is 19.9 Å². The number of fused-ring (bicyclic) bond motifs is 1. The predicted molar refractivity (Wildman–Crippen MR) is 124 cm³/mol. The van der Waals surface area contributed by atoms with E-state index in [0.717, 1.165) is 16.9 Å². The highest BCUT2D eigenvalue weighted by Crippen LogP contribution is 2.22. The number of H-pyrrole nitrogens is 1. The van der Waals surface area contributed by atoms with Crippen LogP contribution in [0.25, 0.3) is 11.0 Å². The van der Waals surface area contributed by atoms with Crippen molar-refractivity contribution in [2.24, 2.45) is 5.92 Å². The molecule has 1 amide bonds. The van der Waals surface area contributed by atoms with Gasteiger partial charge < -0.3 is 15.0 Å². The van der Waals surface area contributed by atoms with Crippen molar-refractivity contribution in [3.05, 3.63) is 95.8 Å². The second-order valence-electron chi connectivity index (χ2n) is 7.94. The Morgan fingerprint density at radius 2 is 1.56 bits per heavy atom. The van der Waals surface area contributed by atoms with Gasteiger partial charge in [-0.15, -0.1) is 0 Å². The second-order valence-corrected chi connectivity index (χ2v) is 7.94. The van der Waals surface area contributed by atoms with E-state index in [9.17, 15) is 9.59 Å². The molecular weight excluding hydrogens is 402 g/mol. The Labute approximate surface area is 186 Å². The van der Waals surface area contributed by atoms with Gasteiger partial charge in [0, 0.05) is 11.1 Å². The Morgan fingerprint density at radius 1 is 0.906 bits per heavy atom. The summed E-state index contributed by atoms with van der Waals surface area (Å²) in [5.41, 5.74) is 3.00. The molecule has 0 saturated carbocycles. The molecular formula is C26H25N3O3. The normalized spacial score (nSPS) is 12.0. The Kier molecular flexibility index (Phi) is 6.31. The number of rotatable bonds is 8. The summed E-state index contributed by atoms with van der Waals surface area (Å²) in [6.07, 6.45) is 0. The zero-order chi connectivity index (χ0) is 22.5. The molecule has 1 atom stereocenters. The van der Waals surface area contributed by atoms with E-state index in [-0.39, 0.29) is 30.3 Å². The number of nitrogens with zero attached hydrogens (tertiary/aromatic N) is 1. The lowest BCUT2D eigenvalue weighted by atomic mass is 10.0. The largest absolute Gasteiger partial charge is 0.484 e. The number of para-hydroxylation sites is 2. The first kappa shape index (κ1) is 21.3. The van der Waals surface area contributed by atoms with Crippen molar-refractivity contribution in [3.8, 4) is 5.75 Å². The van der Waals surface area contributed by atoms with Crippen LogP contribution >= 0.6 is 0 Å². The number of nitrogens with one attached hydrogen (secondary N) is 2. The van der Waals surface area contributed by atoms with Crippen LogP contribution in [0.15, 0.2) is 78.9 Å². The number of ketones is 1. The maximum absolute atomic E-state index is 12.5. The maximum Gasteiger partial charge on any atom is 0.258 e. The monoisotopic (exact) mass is 427 g/mol. The van der Waals surface area contributed by atoms with E-state index in [4.69, 9.17) is 4.74 Å². The minimum atomic E-state index is -0.260. The van der Waals surface area contributed by atoms with Gasteiger partial charge in [0.05, 0.1) is 17.1 Å². The summed E-state index contributed by atoms with van der Waals surface area (Å²) in [6, 6.07) is 23.4. The van der Waals surface area contributed by atoms with Crippen LogP contribution in [0.5, 0.6) is 5.75 Å². The van der Waals surface area contributed by atoms with E-state index in [1.54, 1.807) is 36.4 Å². The van der Waals surface area contributed by atoms with Crippen molar-refractivity contribution in [3.63, 3.8) is 0 Å². The number of carbonyl (C=O) groups excluding carboxylic acids is 2. The molecule has 0 aliphatic carbocycles. The summed E-state index contributed by atoms with van der Waals surface area (Å²) in [6.45, 7) is 3.93. The molecule has 4 rings (SSSR count). The number of aromatic nitrogens is 2. The molecule has 2 N–H and O–H groups in total. The van der Waals surface area contributed by atoms with Gasteiger partial charge in [0.2, 0.25) is 0 Å². The molecule has 1 unspecified atom stereocenters. The second kappa shape index (κ2) is 9.47. The molecule has 3 aromatic carbocycles. The Morgan fingerprint density at radius 3 is 2.25 bits per heavy atom. The average molecular weight is 428 g/mol. The molecule has 1 heterocycles. The molecule has 1 aromatic heterocycles. The van der Waals surface area contributed by atoms with Crippen LogP contribution in [0.1, 0.15) is 41.6 Å². The van der Waals surface area contributed by atoms with Crippen molar-refractivity contribution in [1.82, 2.24) is 15.3 Å². The zero-order valence-electron chi connectivity index (χ0n) is 18.0. The van der Waals surface area contributed by atoms with Crippen LogP contribution in [0.3, 0.4) is 0 Å². The summed E-state index contributed by atoms with van der Waals surface area (Å²) >= 11 is 0. The number of ether oxygens (including phenoxy) is 1. The minimum Gasteiger partial charge on any atom is -0.484 e. The minimum absolute atomic E-state index is 0.0551. The van der Waals surface area contributed by atoms with Crippen LogP contribution in [0.2, 0.25) is 0 Å². The quantitative estimate of drug-likeness (QED) is 0.400. The Bertz CT molecular complexity index is 1180. The highest BCUT2D eigenvalue weighted by atomic mass is 16.5. The predicted octanol–water partition coefficient (Wildman–Crippen LogP) is 4.69. The summed E-state index contributed by atoms with van der Waals surface area (Å²) < 4.78 is 5.63. The number of amides is 1. The van der Waals surface area contributed by atoms with E-state index < -0.39 is 0 Å². The number of hydrogen-bond acceptors (Lipinski definition) is 4. The SMILES string of the molecule is CC(C)C(NC(=O)COc1ccc(C(=O)c2ccccc2)cc1)c1nc2ccccc2[nH]1. The first-order valence-electron chi connectivity index (χ1n) is 10.6. The van der Waals surface area contributed by atoms with Gasteiger partial charge in [-0.2, -0.15) is 0 Å². The van der Waals surface area contributed by atoms with Gasteiger partial charge in [0.1, 0.15) is 11.6 Å². The molecule has 0 radical (unpaired) electrons. The topological polar surface area (TPSA) is 84.1 Å². The van der Waals surface area contributed by atoms with E-state index in [0.29, 0.717) is 16.9 Å². The van der Waals surface area contributed by atoms with E-state index in [1.807, 2.05) is 56.3 Å². The molecule has 0 fully saturated rings. The number of imidazole rings is 1. The lowest BCUT2D eigenvalue weighted by Crippen LogP contribution is -2.35. The Hall–Kier alpha value is -3.93. The molecule has 162 valence electrons. The van der Waals surface area contributed by atoms with Crippen LogP contribution in [-0.4, -0.2) is 28.3 Å². The number of aromatic amines is 1. The van der Waals surface area contributed by atoms with Crippen molar-refractivity contribution in [2.75, 3.05) is 6.61 Å². The third kappa shape index (κ3) is 4.86. The molecule has 0 bridgehead atoms. The molecule has 0 aliphatic rings. The highest BCUT2D eigenvalue weighted by Gasteiger charge is 2.22.